The number of rotatable bonds is 5. The van der Waals surface area contributed by atoms with Crippen molar-refractivity contribution in [2.24, 2.45) is 5.73 Å². The first kappa shape index (κ1) is 14.2. The molecule has 2 N–H and O–H groups in total. The number of hydrogen-bond acceptors (Lipinski definition) is 5. The second kappa shape index (κ2) is 5.41. The van der Waals surface area contributed by atoms with Crippen LogP contribution in [0.15, 0.2) is 40.5 Å². The molecule has 1 amide bonds. The topological polar surface area (TPSA) is 108 Å². The van der Waals surface area contributed by atoms with Crippen molar-refractivity contribution < 1.29 is 13.2 Å². The van der Waals surface area contributed by atoms with E-state index in [1.165, 1.54) is 24.5 Å². The van der Waals surface area contributed by atoms with E-state index in [1.54, 1.807) is 4.68 Å². The molecule has 20 heavy (non-hydrogen) atoms. The van der Waals surface area contributed by atoms with E-state index in [-0.39, 0.29) is 15.5 Å². The number of aryl methyl sites for hydroxylation is 1. The number of aromatic nitrogens is 3. The molecule has 2 aromatic heterocycles. The predicted octanol–water partition coefficient (Wildman–Crippen LogP) is 0.620. The third kappa shape index (κ3) is 2.69. The van der Waals surface area contributed by atoms with Crippen LogP contribution in [0.5, 0.6) is 0 Å². The van der Waals surface area contributed by atoms with E-state index in [4.69, 9.17) is 5.73 Å². The summed E-state index contributed by atoms with van der Waals surface area (Å²) >= 11 is 0. The summed E-state index contributed by atoms with van der Waals surface area (Å²) in [6.45, 7) is 2.62. The number of carbonyl (C=O) groups excluding carboxylic acids is 1. The lowest BCUT2D eigenvalue weighted by Gasteiger charge is -2.02. The summed E-state index contributed by atoms with van der Waals surface area (Å²) in [5.41, 5.74) is 5.08. The molecule has 0 spiro atoms. The van der Waals surface area contributed by atoms with Gasteiger partial charge in [0, 0.05) is 18.9 Å². The molecule has 7 nitrogen and oxygen atoms in total. The Morgan fingerprint density at radius 2 is 2.05 bits per heavy atom. The second-order valence-corrected chi connectivity index (χ2v) is 6.14. The van der Waals surface area contributed by atoms with Crippen LogP contribution in [0.2, 0.25) is 0 Å². The van der Waals surface area contributed by atoms with Crippen LogP contribution in [0.25, 0.3) is 0 Å². The Morgan fingerprint density at radius 3 is 2.60 bits per heavy atom. The van der Waals surface area contributed by atoms with Gasteiger partial charge in [-0.2, -0.15) is 5.10 Å². The van der Waals surface area contributed by atoms with Crippen LogP contribution in [0, 0.1) is 0 Å². The van der Waals surface area contributed by atoms with Crippen LogP contribution in [-0.2, 0) is 16.4 Å². The van der Waals surface area contributed by atoms with Crippen LogP contribution < -0.4 is 5.73 Å². The quantitative estimate of drug-likeness (QED) is 0.869. The van der Waals surface area contributed by atoms with Crippen molar-refractivity contribution in [2.45, 2.75) is 29.7 Å². The van der Waals surface area contributed by atoms with Crippen LogP contribution in [-0.4, -0.2) is 29.1 Å². The SMILES string of the molecule is CCCn1cc(S(=O)(=O)c2ccc(C(N)=O)nc2)cn1. The summed E-state index contributed by atoms with van der Waals surface area (Å²) in [7, 11) is -3.68. The van der Waals surface area contributed by atoms with Crippen molar-refractivity contribution in [2.75, 3.05) is 0 Å². The van der Waals surface area contributed by atoms with Gasteiger partial charge >= 0.3 is 0 Å². The van der Waals surface area contributed by atoms with Crippen molar-refractivity contribution >= 4 is 15.7 Å². The minimum Gasteiger partial charge on any atom is -0.364 e. The van der Waals surface area contributed by atoms with E-state index in [2.05, 4.69) is 10.1 Å². The summed E-state index contributed by atoms with van der Waals surface area (Å²) in [6.07, 6.45) is 4.75. The fourth-order valence-corrected chi connectivity index (χ4v) is 2.81. The highest BCUT2D eigenvalue weighted by Crippen LogP contribution is 2.19. The van der Waals surface area contributed by atoms with Gasteiger partial charge in [-0.05, 0) is 18.6 Å². The second-order valence-electron chi connectivity index (χ2n) is 4.19. The number of carbonyl (C=O) groups is 1. The molecule has 0 aliphatic rings. The zero-order valence-electron chi connectivity index (χ0n) is 10.9. The third-order valence-corrected chi connectivity index (χ3v) is 4.37. The van der Waals surface area contributed by atoms with Gasteiger partial charge in [0.2, 0.25) is 9.84 Å². The van der Waals surface area contributed by atoms with Gasteiger partial charge in [0.25, 0.3) is 5.91 Å². The summed E-state index contributed by atoms with van der Waals surface area (Å²) in [4.78, 5) is 14.7. The molecular formula is C12H14N4O3S. The van der Waals surface area contributed by atoms with Crippen LogP contribution in [0.4, 0.5) is 0 Å². The lowest BCUT2D eigenvalue weighted by molar-refractivity contribution is 0.0995. The van der Waals surface area contributed by atoms with Gasteiger partial charge in [-0.3, -0.25) is 9.48 Å². The minimum atomic E-state index is -3.68. The smallest absolute Gasteiger partial charge is 0.267 e. The van der Waals surface area contributed by atoms with Crippen molar-refractivity contribution in [3.05, 3.63) is 36.4 Å². The molecule has 0 radical (unpaired) electrons. The maximum Gasteiger partial charge on any atom is 0.267 e. The molecule has 0 aliphatic carbocycles. The highest BCUT2D eigenvalue weighted by molar-refractivity contribution is 7.91. The zero-order chi connectivity index (χ0) is 14.8. The number of nitrogens with zero attached hydrogens (tertiary/aromatic N) is 3. The molecular weight excluding hydrogens is 280 g/mol. The Kier molecular flexibility index (Phi) is 3.84. The highest BCUT2D eigenvalue weighted by atomic mass is 32.2. The zero-order valence-corrected chi connectivity index (χ0v) is 11.7. The van der Waals surface area contributed by atoms with E-state index in [9.17, 15) is 13.2 Å². The number of amides is 1. The van der Waals surface area contributed by atoms with E-state index in [1.807, 2.05) is 6.92 Å². The first-order valence-corrected chi connectivity index (χ1v) is 7.47. The lowest BCUT2D eigenvalue weighted by Crippen LogP contribution is -2.13. The van der Waals surface area contributed by atoms with Gasteiger partial charge < -0.3 is 5.73 Å². The van der Waals surface area contributed by atoms with Crippen molar-refractivity contribution in [3.8, 4) is 0 Å². The number of sulfone groups is 1. The normalized spacial score (nSPS) is 11.4. The van der Waals surface area contributed by atoms with Crippen molar-refractivity contribution in [3.63, 3.8) is 0 Å². The molecule has 0 saturated carbocycles. The highest BCUT2D eigenvalue weighted by Gasteiger charge is 2.20. The Morgan fingerprint density at radius 1 is 1.30 bits per heavy atom. The predicted molar refractivity (Wildman–Crippen MR) is 70.7 cm³/mol. The number of hydrogen-bond donors (Lipinski definition) is 1. The Labute approximate surface area is 116 Å². The molecule has 2 rings (SSSR count). The van der Waals surface area contributed by atoms with Gasteiger partial charge in [-0.1, -0.05) is 6.92 Å². The van der Waals surface area contributed by atoms with Gasteiger partial charge in [-0.25, -0.2) is 13.4 Å². The largest absolute Gasteiger partial charge is 0.364 e. The van der Waals surface area contributed by atoms with Gasteiger partial charge in [0.15, 0.2) is 0 Å². The fourth-order valence-electron chi connectivity index (χ4n) is 1.66. The Bertz CT molecular complexity index is 719. The van der Waals surface area contributed by atoms with Gasteiger partial charge in [0.05, 0.1) is 11.1 Å². The van der Waals surface area contributed by atoms with Crippen molar-refractivity contribution in [1.82, 2.24) is 14.8 Å². The fraction of sp³-hybridized carbons (Fsp3) is 0.250. The monoisotopic (exact) mass is 294 g/mol. The molecule has 0 fully saturated rings. The molecule has 106 valence electrons. The van der Waals surface area contributed by atoms with E-state index < -0.39 is 15.7 Å². The van der Waals surface area contributed by atoms with Crippen molar-refractivity contribution in [1.29, 1.82) is 0 Å². The molecule has 0 atom stereocenters. The number of pyridine rings is 1. The van der Waals surface area contributed by atoms with E-state index >= 15 is 0 Å². The van der Waals surface area contributed by atoms with Crippen LogP contribution >= 0.6 is 0 Å². The third-order valence-electron chi connectivity index (χ3n) is 2.67. The van der Waals surface area contributed by atoms with E-state index in [0.717, 1.165) is 12.6 Å². The molecule has 8 heteroatoms. The molecule has 0 unspecified atom stereocenters. The van der Waals surface area contributed by atoms with Gasteiger partial charge in [-0.15, -0.1) is 0 Å². The van der Waals surface area contributed by atoms with Crippen LogP contribution in [0.3, 0.4) is 0 Å². The number of primary amides is 1. The average molecular weight is 294 g/mol. The summed E-state index contributed by atoms with van der Waals surface area (Å²) in [5.74, 6) is -0.704. The molecule has 0 bridgehead atoms. The summed E-state index contributed by atoms with van der Waals surface area (Å²) < 4.78 is 26.2. The van der Waals surface area contributed by atoms with Gasteiger partial charge in [0.1, 0.15) is 10.6 Å². The Balaban J connectivity index is 2.35. The van der Waals surface area contributed by atoms with E-state index in [0.29, 0.717) is 6.54 Å². The molecule has 0 aromatic carbocycles. The minimum absolute atomic E-state index is 0.00134. The number of nitrogens with two attached hydrogens (primary N) is 1. The summed E-state index contributed by atoms with van der Waals surface area (Å²) in [5, 5.41) is 3.99. The first-order valence-electron chi connectivity index (χ1n) is 5.98. The van der Waals surface area contributed by atoms with Crippen LogP contribution in [0.1, 0.15) is 23.8 Å². The maximum atomic E-state index is 12.3. The molecule has 0 aliphatic heterocycles. The standard InChI is InChI=1S/C12H14N4O3S/c1-2-5-16-8-10(7-15-16)20(18,19)9-3-4-11(12(13)17)14-6-9/h3-4,6-8H,2,5H2,1H3,(H2,13,17). The molecule has 0 saturated heterocycles. The molecule has 2 heterocycles. The maximum absolute atomic E-state index is 12.3. The summed E-state index contributed by atoms with van der Waals surface area (Å²) in [6, 6.07) is 2.59. The Hall–Kier alpha value is -2.22. The first-order chi connectivity index (χ1) is 9.45. The lowest BCUT2D eigenvalue weighted by atomic mass is 10.3. The molecule has 2 aromatic rings. The average Bonchev–Trinajstić information content (AvgIpc) is 2.88.